The van der Waals surface area contributed by atoms with Gasteiger partial charge in [0.2, 0.25) is 5.91 Å². The van der Waals surface area contributed by atoms with Gasteiger partial charge in [-0.2, -0.15) is 0 Å². The maximum atomic E-state index is 11.8. The first-order chi connectivity index (χ1) is 9.51. The van der Waals surface area contributed by atoms with Gasteiger partial charge in [-0.05, 0) is 49.5 Å². The lowest BCUT2D eigenvalue weighted by Gasteiger charge is -2.13. The van der Waals surface area contributed by atoms with Gasteiger partial charge < -0.3 is 10.1 Å². The van der Waals surface area contributed by atoms with Crippen LogP contribution in [0.5, 0.6) is 5.75 Å². The molecule has 1 rings (SSSR count). The molecule has 0 saturated heterocycles. The van der Waals surface area contributed by atoms with Gasteiger partial charge in [-0.3, -0.25) is 4.79 Å². The van der Waals surface area contributed by atoms with Gasteiger partial charge in [-0.15, -0.1) is 0 Å². The van der Waals surface area contributed by atoms with Gasteiger partial charge in [0, 0.05) is 12.1 Å². The Balaban J connectivity index is 2.46. The Morgan fingerprint density at radius 1 is 1.30 bits per heavy atom. The average Bonchev–Trinajstić information content (AvgIpc) is 2.43. The first-order valence-electron chi connectivity index (χ1n) is 7.14. The lowest BCUT2D eigenvalue weighted by Crippen LogP contribution is -2.31. The molecule has 3 heteroatoms. The van der Waals surface area contributed by atoms with Crippen molar-refractivity contribution in [3.8, 4) is 5.75 Å². The van der Waals surface area contributed by atoms with E-state index >= 15 is 0 Å². The highest BCUT2D eigenvalue weighted by molar-refractivity contribution is 5.91. The number of hydrogen-bond donors (Lipinski definition) is 1. The number of nitrogens with one attached hydrogen (secondary N) is 1. The largest absolute Gasteiger partial charge is 0.497 e. The van der Waals surface area contributed by atoms with Crippen molar-refractivity contribution < 1.29 is 9.53 Å². The van der Waals surface area contributed by atoms with Gasteiger partial charge in [0.25, 0.3) is 0 Å². The molecule has 1 N–H and O–H groups in total. The minimum absolute atomic E-state index is 0.0518. The summed E-state index contributed by atoms with van der Waals surface area (Å²) in [7, 11) is 1.63. The summed E-state index contributed by atoms with van der Waals surface area (Å²) in [6.07, 6.45) is 5.51. The molecule has 0 aliphatic heterocycles. The molecule has 0 aliphatic rings. The molecule has 20 heavy (non-hydrogen) atoms. The highest BCUT2D eigenvalue weighted by atomic mass is 16.5. The third-order valence-corrected chi connectivity index (χ3v) is 3.09. The fourth-order valence-corrected chi connectivity index (χ4v) is 1.86. The maximum Gasteiger partial charge on any atom is 0.244 e. The minimum Gasteiger partial charge on any atom is -0.497 e. The zero-order valence-corrected chi connectivity index (χ0v) is 12.8. The fraction of sp³-hybridized carbons (Fsp3) is 0.471. The predicted molar refractivity (Wildman–Crippen MR) is 83.7 cm³/mol. The molecular weight excluding hydrogens is 250 g/mol. The smallest absolute Gasteiger partial charge is 0.244 e. The summed E-state index contributed by atoms with van der Waals surface area (Å²) in [5, 5.41) is 2.98. The van der Waals surface area contributed by atoms with Gasteiger partial charge in [-0.25, -0.2) is 0 Å². The molecule has 0 fully saturated rings. The van der Waals surface area contributed by atoms with Crippen LogP contribution in [0.3, 0.4) is 0 Å². The number of benzene rings is 1. The number of hydrogen-bond acceptors (Lipinski definition) is 2. The van der Waals surface area contributed by atoms with Crippen LogP contribution in [0.1, 0.15) is 39.2 Å². The van der Waals surface area contributed by atoms with Gasteiger partial charge in [-0.1, -0.05) is 26.0 Å². The molecule has 0 aliphatic carbocycles. The van der Waals surface area contributed by atoms with E-state index in [2.05, 4.69) is 19.2 Å². The monoisotopic (exact) mass is 275 g/mol. The minimum atomic E-state index is -0.0518. The topological polar surface area (TPSA) is 38.3 Å². The zero-order valence-electron chi connectivity index (χ0n) is 12.8. The lowest BCUT2D eigenvalue weighted by atomic mass is 10.0. The molecule has 0 bridgehead atoms. The van der Waals surface area contributed by atoms with E-state index in [0.29, 0.717) is 5.92 Å². The number of carbonyl (C=O) groups excluding carboxylic acids is 1. The summed E-state index contributed by atoms with van der Waals surface area (Å²) in [6, 6.07) is 7.83. The zero-order chi connectivity index (χ0) is 15.0. The van der Waals surface area contributed by atoms with Crippen LogP contribution in [-0.4, -0.2) is 19.1 Å². The van der Waals surface area contributed by atoms with E-state index in [0.717, 1.165) is 24.2 Å². The quantitative estimate of drug-likeness (QED) is 0.771. The molecule has 1 aromatic rings. The van der Waals surface area contributed by atoms with E-state index in [9.17, 15) is 4.79 Å². The van der Waals surface area contributed by atoms with Crippen LogP contribution >= 0.6 is 0 Å². The number of ether oxygens (including phenoxy) is 1. The van der Waals surface area contributed by atoms with Crippen LogP contribution in [0.4, 0.5) is 0 Å². The van der Waals surface area contributed by atoms with E-state index < -0.39 is 0 Å². The summed E-state index contributed by atoms with van der Waals surface area (Å²) in [5.74, 6) is 1.41. The molecule has 1 unspecified atom stereocenters. The van der Waals surface area contributed by atoms with Gasteiger partial charge in [0.15, 0.2) is 0 Å². The van der Waals surface area contributed by atoms with E-state index in [1.54, 1.807) is 19.3 Å². The Kier molecular flexibility index (Phi) is 6.85. The average molecular weight is 275 g/mol. The van der Waals surface area contributed by atoms with Crippen molar-refractivity contribution in [1.29, 1.82) is 0 Å². The first-order valence-corrected chi connectivity index (χ1v) is 7.14. The molecule has 1 amide bonds. The van der Waals surface area contributed by atoms with E-state index in [-0.39, 0.29) is 11.9 Å². The number of amides is 1. The van der Waals surface area contributed by atoms with Crippen molar-refractivity contribution in [2.24, 2.45) is 5.92 Å². The highest BCUT2D eigenvalue weighted by Crippen LogP contribution is 2.13. The lowest BCUT2D eigenvalue weighted by molar-refractivity contribution is -0.117. The van der Waals surface area contributed by atoms with Gasteiger partial charge in [0.05, 0.1) is 7.11 Å². The second-order valence-corrected chi connectivity index (χ2v) is 5.49. The fourth-order valence-electron chi connectivity index (χ4n) is 1.86. The molecule has 110 valence electrons. The SMILES string of the molecule is COc1cccc(/C=C/C(=O)NC(C)CCC(C)C)c1. The third kappa shape index (κ3) is 6.41. The number of carbonyl (C=O) groups is 1. The van der Waals surface area contributed by atoms with Crippen LogP contribution < -0.4 is 10.1 Å². The van der Waals surface area contributed by atoms with Crippen molar-refractivity contribution in [3.63, 3.8) is 0 Å². The third-order valence-electron chi connectivity index (χ3n) is 3.09. The Morgan fingerprint density at radius 2 is 2.05 bits per heavy atom. The second-order valence-electron chi connectivity index (χ2n) is 5.49. The first kappa shape index (κ1) is 16.3. The van der Waals surface area contributed by atoms with Crippen LogP contribution in [0.25, 0.3) is 6.08 Å². The number of rotatable bonds is 7. The Hall–Kier alpha value is -1.77. The van der Waals surface area contributed by atoms with E-state index in [4.69, 9.17) is 4.74 Å². The number of methoxy groups -OCH3 is 1. The van der Waals surface area contributed by atoms with Gasteiger partial charge >= 0.3 is 0 Å². The van der Waals surface area contributed by atoms with Crippen LogP contribution in [-0.2, 0) is 4.79 Å². The standard InChI is InChI=1S/C17H25NO2/c1-13(2)8-9-14(3)18-17(19)11-10-15-6-5-7-16(12-15)20-4/h5-7,10-14H,8-9H2,1-4H3,(H,18,19)/b11-10+. The Labute approximate surface area is 122 Å². The van der Waals surface area contributed by atoms with Crippen molar-refractivity contribution in [3.05, 3.63) is 35.9 Å². The summed E-state index contributed by atoms with van der Waals surface area (Å²) >= 11 is 0. The van der Waals surface area contributed by atoms with Crippen LogP contribution in [0.15, 0.2) is 30.3 Å². The molecule has 0 radical (unpaired) electrons. The highest BCUT2D eigenvalue weighted by Gasteiger charge is 2.05. The second kappa shape index (κ2) is 8.41. The summed E-state index contributed by atoms with van der Waals surface area (Å²) in [4.78, 5) is 11.8. The predicted octanol–water partition coefficient (Wildman–Crippen LogP) is 3.65. The molecule has 1 atom stereocenters. The summed E-state index contributed by atoms with van der Waals surface area (Å²) in [5.41, 5.74) is 0.953. The molecule has 0 saturated carbocycles. The normalized spacial score (nSPS) is 12.7. The molecule has 0 heterocycles. The molecular formula is C17H25NO2. The molecule has 3 nitrogen and oxygen atoms in total. The van der Waals surface area contributed by atoms with E-state index in [1.165, 1.54) is 0 Å². The molecule has 1 aromatic carbocycles. The van der Waals surface area contributed by atoms with Crippen molar-refractivity contribution in [2.45, 2.75) is 39.7 Å². The van der Waals surface area contributed by atoms with Crippen molar-refractivity contribution in [2.75, 3.05) is 7.11 Å². The summed E-state index contributed by atoms with van der Waals surface area (Å²) in [6.45, 7) is 6.42. The maximum absolute atomic E-state index is 11.8. The Bertz CT molecular complexity index is 452. The van der Waals surface area contributed by atoms with Gasteiger partial charge in [0.1, 0.15) is 5.75 Å². The molecule has 0 spiro atoms. The van der Waals surface area contributed by atoms with Crippen LogP contribution in [0.2, 0.25) is 0 Å². The van der Waals surface area contributed by atoms with Crippen molar-refractivity contribution in [1.82, 2.24) is 5.32 Å². The van der Waals surface area contributed by atoms with Crippen LogP contribution in [0, 0.1) is 5.92 Å². The molecule has 0 aromatic heterocycles. The van der Waals surface area contributed by atoms with Crippen molar-refractivity contribution >= 4 is 12.0 Å². The summed E-state index contributed by atoms with van der Waals surface area (Å²) < 4.78 is 5.15. The Morgan fingerprint density at radius 3 is 2.70 bits per heavy atom. The van der Waals surface area contributed by atoms with E-state index in [1.807, 2.05) is 31.2 Å².